The van der Waals surface area contributed by atoms with Crippen molar-refractivity contribution in [3.63, 3.8) is 0 Å². The molecule has 0 aliphatic carbocycles. The summed E-state index contributed by atoms with van der Waals surface area (Å²) in [5.41, 5.74) is 0.585. The summed E-state index contributed by atoms with van der Waals surface area (Å²) in [4.78, 5) is 26.3. The Kier molecular flexibility index (Phi) is 5.31. The first-order valence-electron chi connectivity index (χ1n) is 9.68. The number of carbonyl (C=O) groups is 2. The molecule has 3 aliphatic rings. The summed E-state index contributed by atoms with van der Waals surface area (Å²) in [6, 6.07) is 7.54. The van der Waals surface area contributed by atoms with Crippen LogP contribution in [-0.2, 0) is 19.1 Å². The normalized spacial score (nSPS) is 24.2. The monoisotopic (exact) mass is 374 g/mol. The van der Waals surface area contributed by atoms with Gasteiger partial charge in [-0.3, -0.25) is 9.59 Å². The molecule has 1 spiro atoms. The molecule has 2 fully saturated rings. The average molecular weight is 374 g/mol. The van der Waals surface area contributed by atoms with Crippen molar-refractivity contribution in [3.8, 4) is 5.75 Å². The SMILES string of the molecule is O=C(CCN1C(=O)COc2ccccc21)N[C@H]1CCOC2(CCOCC2)C1. The van der Waals surface area contributed by atoms with Crippen LogP contribution in [0, 0.1) is 0 Å². The van der Waals surface area contributed by atoms with Crippen LogP contribution >= 0.6 is 0 Å². The Labute approximate surface area is 158 Å². The number of hydrogen-bond acceptors (Lipinski definition) is 5. The smallest absolute Gasteiger partial charge is 0.265 e. The topological polar surface area (TPSA) is 77.1 Å². The highest BCUT2D eigenvalue weighted by Crippen LogP contribution is 2.34. The molecule has 4 rings (SSSR count). The molecule has 7 heteroatoms. The number of carbonyl (C=O) groups excluding carboxylic acids is 2. The summed E-state index contributed by atoms with van der Waals surface area (Å²) in [5, 5.41) is 3.14. The van der Waals surface area contributed by atoms with Gasteiger partial charge in [0.05, 0.1) is 11.3 Å². The van der Waals surface area contributed by atoms with E-state index in [4.69, 9.17) is 14.2 Å². The molecule has 27 heavy (non-hydrogen) atoms. The molecule has 0 aromatic heterocycles. The van der Waals surface area contributed by atoms with Gasteiger partial charge in [-0.1, -0.05) is 12.1 Å². The van der Waals surface area contributed by atoms with Crippen molar-refractivity contribution in [2.24, 2.45) is 0 Å². The van der Waals surface area contributed by atoms with Crippen LogP contribution in [0.15, 0.2) is 24.3 Å². The van der Waals surface area contributed by atoms with E-state index in [9.17, 15) is 9.59 Å². The molecule has 7 nitrogen and oxygen atoms in total. The van der Waals surface area contributed by atoms with E-state index in [0.717, 1.165) is 44.6 Å². The first kappa shape index (κ1) is 18.3. The number of benzene rings is 1. The highest BCUT2D eigenvalue weighted by Gasteiger charge is 2.39. The van der Waals surface area contributed by atoms with Crippen molar-refractivity contribution in [1.82, 2.24) is 5.32 Å². The van der Waals surface area contributed by atoms with Crippen molar-refractivity contribution < 1.29 is 23.8 Å². The maximum absolute atomic E-state index is 12.5. The van der Waals surface area contributed by atoms with E-state index >= 15 is 0 Å². The van der Waals surface area contributed by atoms with Gasteiger partial charge in [-0.05, 0) is 37.8 Å². The van der Waals surface area contributed by atoms with Crippen LogP contribution in [0.2, 0.25) is 0 Å². The number of nitrogens with zero attached hydrogens (tertiary/aromatic N) is 1. The molecule has 0 unspecified atom stereocenters. The van der Waals surface area contributed by atoms with Gasteiger partial charge in [0.25, 0.3) is 5.91 Å². The second kappa shape index (κ2) is 7.86. The van der Waals surface area contributed by atoms with Gasteiger partial charge in [-0.2, -0.15) is 0 Å². The first-order chi connectivity index (χ1) is 13.2. The fraction of sp³-hybridized carbons (Fsp3) is 0.600. The Balaban J connectivity index is 1.31. The van der Waals surface area contributed by atoms with E-state index in [2.05, 4.69) is 5.32 Å². The molecule has 146 valence electrons. The summed E-state index contributed by atoms with van der Waals surface area (Å²) in [5.74, 6) is 0.540. The maximum atomic E-state index is 12.5. The Bertz CT molecular complexity index is 696. The number of fused-ring (bicyclic) bond motifs is 1. The molecule has 2 saturated heterocycles. The average Bonchev–Trinajstić information content (AvgIpc) is 2.68. The van der Waals surface area contributed by atoms with Crippen molar-refractivity contribution in [2.75, 3.05) is 37.9 Å². The van der Waals surface area contributed by atoms with E-state index in [1.165, 1.54) is 0 Å². The zero-order valence-electron chi connectivity index (χ0n) is 15.4. The van der Waals surface area contributed by atoms with Crippen LogP contribution in [0.5, 0.6) is 5.75 Å². The summed E-state index contributed by atoms with van der Waals surface area (Å²) in [6.45, 7) is 2.48. The van der Waals surface area contributed by atoms with E-state index in [1.54, 1.807) is 4.90 Å². The third-order valence-corrected chi connectivity index (χ3v) is 5.63. The van der Waals surface area contributed by atoms with E-state index in [-0.39, 0.29) is 36.5 Å². The van der Waals surface area contributed by atoms with Gasteiger partial charge in [0, 0.05) is 38.8 Å². The zero-order valence-corrected chi connectivity index (χ0v) is 15.4. The van der Waals surface area contributed by atoms with Crippen LogP contribution in [0.3, 0.4) is 0 Å². The van der Waals surface area contributed by atoms with Crippen LogP contribution in [0.25, 0.3) is 0 Å². The zero-order chi connectivity index (χ0) is 18.7. The van der Waals surface area contributed by atoms with E-state index in [0.29, 0.717) is 18.9 Å². The molecule has 0 saturated carbocycles. The minimum Gasteiger partial charge on any atom is -0.482 e. The van der Waals surface area contributed by atoms with Gasteiger partial charge in [0.2, 0.25) is 5.91 Å². The molecular formula is C20H26N2O5. The Hall–Kier alpha value is -2.12. The predicted octanol–water partition coefficient (Wildman–Crippen LogP) is 1.65. The number of para-hydroxylation sites is 2. The molecule has 3 aliphatic heterocycles. The fourth-order valence-electron chi connectivity index (χ4n) is 4.16. The second-order valence-electron chi connectivity index (χ2n) is 7.45. The molecule has 1 N–H and O–H groups in total. The van der Waals surface area contributed by atoms with Gasteiger partial charge in [-0.25, -0.2) is 0 Å². The Morgan fingerprint density at radius 1 is 1.22 bits per heavy atom. The molecule has 1 atom stereocenters. The number of hydrogen-bond donors (Lipinski definition) is 1. The van der Waals surface area contributed by atoms with E-state index < -0.39 is 0 Å². The van der Waals surface area contributed by atoms with E-state index in [1.807, 2.05) is 24.3 Å². The van der Waals surface area contributed by atoms with Gasteiger partial charge in [0.1, 0.15) is 5.75 Å². The van der Waals surface area contributed by atoms with Crippen molar-refractivity contribution >= 4 is 17.5 Å². The quantitative estimate of drug-likeness (QED) is 0.867. The lowest BCUT2D eigenvalue weighted by molar-refractivity contribution is -0.144. The molecule has 3 heterocycles. The molecule has 2 amide bonds. The number of anilines is 1. The molecule has 0 radical (unpaired) electrons. The number of ether oxygens (including phenoxy) is 3. The van der Waals surface area contributed by atoms with Crippen molar-refractivity contribution in [2.45, 2.75) is 43.7 Å². The van der Waals surface area contributed by atoms with Gasteiger partial charge in [-0.15, -0.1) is 0 Å². The molecule has 1 aromatic carbocycles. The van der Waals surface area contributed by atoms with Gasteiger partial charge < -0.3 is 24.4 Å². The Morgan fingerprint density at radius 2 is 2.04 bits per heavy atom. The van der Waals surface area contributed by atoms with Crippen molar-refractivity contribution in [1.29, 1.82) is 0 Å². The third-order valence-electron chi connectivity index (χ3n) is 5.63. The standard InChI is InChI=1S/C20H26N2O5/c23-18(21-15-6-10-27-20(13-15)7-11-25-12-8-20)5-9-22-16-3-1-2-4-17(16)26-14-19(22)24/h1-4,15H,5-14H2,(H,21,23)/t15-/m0/s1. The third kappa shape index (κ3) is 4.09. The largest absolute Gasteiger partial charge is 0.482 e. The first-order valence-corrected chi connectivity index (χ1v) is 9.68. The van der Waals surface area contributed by atoms with Crippen LogP contribution in [0.4, 0.5) is 5.69 Å². The van der Waals surface area contributed by atoms with Crippen LogP contribution < -0.4 is 15.0 Å². The minimum absolute atomic E-state index is 0.0171. The number of nitrogens with one attached hydrogen (secondary N) is 1. The van der Waals surface area contributed by atoms with Crippen molar-refractivity contribution in [3.05, 3.63) is 24.3 Å². The lowest BCUT2D eigenvalue weighted by Crippen LogP contribution is -2.51. The minimum atomic E-state index is -0.145. The predicted molar refractivity (Wildman–Crippen MR) is 98.8 cm³/mol. The summed E-state index contributed by atoms with van der Waals surface area (Å²) in [7, 11) is 0. The summed E-state index contributed by atoms with van der Waals surface area (Å²) in [6.07, 6.45) is 3.71. The summed E-state index contributed by atoms with van der Waals surface area (Å²) < 4.78 is 16.9. The van der Waals surface area contributed by atoms with Crippen LogP contribution in [-0.4, -0.2) is 56.4 Å². The second-order valence-corrected chi connectivity index (χ2v) is 7.45. The van der Waals surface area contributed by atoms with Gasteiger partial charge >= 0.3 is 0 Å². The fourth-order valence-corrected chi connectivity index (χ4v) is 4.16. The lowest BCUT2D eigenvalue weighted by atomic mass is 9.84. The maximum Gasteiger partial charge on any atom is 0.265 e. The van der Waals surface area contributed by atoms with Gasteiger partial charge in [0.15, 0.2) is 6.61 Å². The highest BCUT2D eigenvalue weighted by molar-refractivity contribution is 5.98. The molecular weight excluding hydrogens is 348 g/mol. The molecule has 1 aromatic rings. The molecule has 0 bridgehead atoms. The summed E-state index contributed by atoms with van der Waals surface area (Å²) >= 11 is 0. The lowest BCUT2D eigenvalue weighted by Gasteiger charge is -2.43. The number of amides is 2. The Morgan fingerprint density at radius 3 is 2.89 bits per heavy atom. The highest BCUT2D eigenvalue weighted by atomic mass is 16.5. The van der Waals surface area contributed by atoms with Crippen LogP contribution in [0.1, 0.15) is 32.1 Å². The number of rotatable bonds is 4.